The molecule has 0 aliphatic carbocycles. The minimum absolute atomic E-state index is 0.0849. The molecule has 0 N–H and O–H groups in total. The Kier molecular flexibility index (Phi) is 4.99. The van der Waals surface area contributed by atoms with E-state index in [0.29, 0.717) is 6.61 Å². The van der Waals surface area contributed by atoms with Crippen molar-refractivity contribution < 1.29 is 9.47 Å². The molecule has 0 aromatic heterocycles. The van der Waals surface area contributed by atoms with Gasteiger partial charge in [0.1, 0.15) is 24.2 Å². The fourth-order valence-corrected chi connectivity index (χ4v) is 4.04. The lowest BCUT2D eigenvalue weighted by Crippen LogP contribution is -2.14. The highest BCUT2D eigenvalue weighted by Crippen LogP contribution is 2.42. The van der Waals surface area contributed by atoms with E-state index in [1.54, 1.807) is 0 Å². The van der Waals surface area contributed by atoms with E-state index in [0.717, 1.165) is 26.6 Å². The molecule has 25 heavy (non-hydrogen) atoms. The first-order valence-corrected chi connectivity index (χ1v) is 9.91. The summed E-state index contributed by atoms with van der Waals surface area (Å²) in [6.45, 7) is 0.576. The third-order valence-corrected chi connectivity index (χ3v) is 5.69. The lowest BCUT2D eigenvalue weighted by molar-refractivity contribution is 0.219. The third kappa shape index (κ3) is 4.02. The SMILES string of the molecule is Brc1ccc([C@H]2CSc3cc(OCc4ccccc4)ccc3O2)cc1. The number of ether oxygens (including phenoxy) is 2. The number of thioether (sulfide) groups is 1. The summed E-state index contributed by atoms with van der Waals surface area (Å²) in [5.74, 6) is 2.70. The van der Waals surface area contributed by atoms with Crippen LogP contribution in [0.4, 0.5) is 0 Å². The summed E-state index contributed by atoms with van der Waals surface area (Å²) in [5.41, 5.74) is 2.37. The molecule has 0 radical (unpaired) electrons. The fraction of sp³-hybridized carbons (Fsp3) is 0.143. The van der Waals surface area contributed by atoms with Crippen LogP contribution < -0.4 is 9.47 Å². The van der Waals surface area contributed by atoms with Crippen molar-refractivity contribution in [2.24, 2.45) is 0 Å². The normalized spacial score (nSPS) is 16.0. The minimum atomic E-state index is 0.0849. The quantitative estimate of drug-likeness (QED) is 0.504. The lowest BCUT2D eigenvalue weighted by Gasteiger charge is -2.26. The zero-order valence-corrected chi connectivity index (χ0v) is 15.9. The van der Waals surface area contributed by atoms with E-state index >= 15 is 0 Å². The molecule has 1 aliphatic heterocycles. The van der Waals surface area contributed by atoms with Crippen LogP contribution in [0.15, 0.2) is 82.2 Å². The zero-order valence-electron chi connectivity index (χ0n) is 13.5. The summed E-state index contributed by atoms with van der Waals surface area (Å²) < 4.78 is 13.2. The Balaban J connectivity index is 1.44. The van der Waals surface area contributed by atoms with Gasteiger partial charge in [0.15, 0.2) is 0 Å². The molecule has 0 spiro atoms. The maximum absolute atomic E-state index is 6.18. The molecule has 1 atom stereocenters. The van der Waals surface area contributed by atoms with Gasteiger partial charge in [-0.25, -0.2) is 0 Å². The summed E-state index contributed by atoms with van der Waals surface area (Å²) in [4.78, 5) is 1.14. The standard InChI is InChI=1S/C21H17BrO2S/c22-17-8-6-16(7-9-17)20-14-25-21-12-18(10-11-19(21)24-20)23-13-15-4-2-1-3-5-15/h1-12,20H,13-14H2/t20-/m1/s1. The van der Waals surface area contributed by atoms with Crippen LogP contribution in [0.3, 0.4) is 0 Å². The van der Waals surface area contributed by atoms with Crippen LogP contribution in [-0.2, 0) is 6.61 Å². The van der Waals surface area contributed by atoms with E-state index in [4.69, 9.17) is 9.47 Å². The van der Waals surface area contributed by atoms with Gasteiger partial charge < -0.3 is 9.47 Å². The molecule has 3 aromatic rings. The van der Waals surface area contributed by atoms with E-state index in [1.165, 1.54) is 11.1 Å². The van der Waals surface area contributed by atoms with Crippen molar-refractivity contribution in [2.75, 3.05) is 5.75 Å². The molecule has 1 heterocycles. The molecule has 0 saturated carbocycles. The van der Waals surface area contributed by atoms with E-state index < -0.39 is 0 Å². The summed E-state index contributed by atoms with van der Waals surface area (Å²) >= 11 is 5.29. The van der Waals surface area contributed by atoms with Crippen molar-refractivity contribution in [3.63, 3.8) is 0 Å². The molecule has 0 amide bonds. The molecule has 4 heteroatoms. The van der Waals surface area contributed by atoms with Gasteiger partial charge in [0.2, 0.25) is 0 Å². The Hall–Kier alpha value is -1.91. The third-order valence-electron chi connectivity index (χ3n) is 4.06. The molecule has 0 saturated heterocycles. The molecular formula is C21H17BrO2S. The smallest absolute Gasteiger partial charge is 0.134 e. The fourth-order valence-electron chi connectivity index (χ4n) is 2.72. The Morgan fingerprint density at radius 3 is 2.60 bits per heavy atom. The molecular weight excluding hydrogens is 396 g/mol. The molecule has 4 rings (SSSR count). The monoisotopic (exact) mass is 412 g/mol. The Morgan fingerprint density at radius 2 is 1.80 bits per heavy atom. The first-order chi connectivity index (χ1) is 12.3. The topological polar surface area (TPSA) is 18.5 Å². The lowest BCUT2D eigenvalue weighted by atomic mass is 10.1. The van der Waals surface area contributed by atoms with E-state index in [9.17, 15) is 0 Å². The van der Waals surface area contributed by atoms with Crippen molar-refractivity contribution in [2.45, 2.75) is 17.6 Å². The maximum atomic E-state index is 6.18. The van der Waals surface area contributed by atoms with E-state index in [2.05, 4.69) is 58.4 Å². The van der Waals surface area contributed by atoms with Crippen molar-refractivity contribution >= 4 is 27.7 Å². The zero-order chi connectivity index (χ0) is 17.1. The van der Waals surface area contributed by atoms with Gasteiger partial charge in [0.05, 0.1) is 4.90 Å². The van der Waals surface area contributed by atoms with Gasteiger partial charge in [-0.2, -0.15) is 0 Å². The van der Waals surface area contributed by atoms with E-state index in [1.807, 2.05) is 42.1 Å². The number of fused-ring (bicyclic) bond motifs is 1. The molecule has 126 valence electrons. The minimum Gasteiger partial charge on any atom is -0.489 e. The highest BCUT2D eigenvalue weighted by Gasteiger charge is 2.22. The Morgan fingerprint density at radius 1 is 1.00 bits per heavy atom. The van der Waals surface area contributed by atoms with Gasteiger partial charge in [-0.05, 0) is 41.5 Å². The van der Waals surface area contributed by atoms with Gasteiger partial charge in [-0.1, -0.05) is 58.4 Å². The number of hydrogen-bond donors (Lipinski definition) is 0. The highest BCUT2D eigenvalue weighted by molar-refractivity contribution is 9.10. The number of rotatable bonds is 4. The van der Waals surface area contributed by atoms with Gasteiger partial charge in [-0.15, -0.1) is 11.8 Å². The van der Waals surface area contributed by atoms with Crippen molar-refractivity contribution in [1.29, 1.82) is 0 Å². The van der Waals surface area contributed by atoms with Crippen molar-refractivity contribution in [3.05, 3.63) is 88.4 Å². The Labute approximate surface area is 160 Å². The molecule has 0 bridgehead atoms. The molecule has 0 unspecified atom stereocenters. The average molecular weight is 413 g/mol. The highest BCUT2D eigenvalue weighted by atomic mass is 79.9. The molecule has 2 nitrogen and oxygen atoms in total. The van der Waals surface area contributed by atoms with Gasteiger partial charge in [0, 0.05) is 10.2 Å². The first-order valence-electron chi connectivity index (χ1n) is 8.13. The van der Waals surface area contributed by atoms with Gasteiger partial charge >= 0.3 is 0 Å². The van der Waals surface area contributed by atoms with E-state index in [-0.39, 0.29) is 6.10 Å². The second-order valence-corrected chi connectivity index (χ2v) is 7.83. The van der Waals surface area contributed by atoms with Gasteiger partial charge in [-0.3, -0.25) is 0 Å². The predicted molar refractivity (Wildman–Crippen MR) is 105 cm³/mol. The second kappa shape index (κ2) is 7.54. The van der Waals surface area contributed by atoms with Crippen LogP contribution in [0, 0.1) is 0 Å². The number of benzene rings is 3. The van der Waals surface area contributed by atoms with Crippen LogP contribution in [0.1, 0.15) is 17.2 Å². The maximum Gasteiger partial charge on any atom is 0.134 e. The summed E-state index contributed by atoms with van der Waals surface area (Å²) in [6, 6.07) is 24.6. The van der Waals surface area contributed by atoms with Crippen molar-refractivity contribution in [3.8, 4) is 11.5 Å². The molecule has 0 fully saturated rings. The predicted octanol–water partition coefficient (Wildman–Crippen LogP) is 6.25. The van der Waals surface area contributed by atoms with Crippen LogP contribution in [0.5, 0.6) is 11.5 Å². The summed E-state index contributed by atoms with van der Waals surface area (Å²) in [6.07, 6.45) is 0.0849. The molecule has 1 aliphatic rings. The first kappa shape index (κ1) is 16.6. The molecule has 3 aromatic carbocycles. The summed E-state index contributed by atoms with van der Waals surface area (Å²) in [7, 11) is 0. The average Bonchev–Trinajstić information content (AvgIpc) is 2.67. The van der Waals surface area contributed by atoms with Crippen LogP contribution >= 0.6 is 27.7 Å². The van der Waals surface area contributed by atoms with Crippen LogP contribution in [0.25, 0.3) is 0 Å². The van der Waals surface area contributed by atoms with Crippen LogP contribution in [0.2, 0.25) is 0 Å². The van der Waals surface area contributed by atoms with Crippen molar-refractivity contribution in [1.82, 2.24) is 0 Å². The largest absolute Gasteiger partial charge is 0.489 e. The number of halogens is 1. The van der Waals surface area contributed by atoms with Crippen LogP contribution in [-0.4, -0.2) is 5.75 Å². The van der Waals surface area contributed by atoms with Gasteiger partial charge in [0.25, 0.3) is 0 Å². The Bertz CT molecular complexity index is 850. The second-order valence-electron chi connectivity index (χ2n) is 5.85. The summed E-state index contributed by atoms with van der Waals surface area (Å²) in [5, 5.41) is 0. The number of hydrogen-bond acceptors (Lipinski definition) is 3.